The summed E-state index contributed by atoms with van der Waals surface area (Å²) in [7, 11) is -1.60. The van der Waals surface area contributed by atoms with Gasteiger partial charge in [0.15, 0.2) is 14.1 Å². The Morgan fingerprint density at radius 2 is 1.95 bits per heavy atom. The fourth-order valence-corrected chi connectivity index (χ4v) is 8.00. The van der Waals surface area contributed by atoms with Gasteiger partial charge in [-0.3, -0.25) is 4.03 Å². The van der Waals surface area contributed by atoms with Gasteiger partial charge in [-0.2, -0.15) is 0 Å². The summed E-state index contributed by atoms with van der Waals surface area (Å²) in [6, 6.07) is 1.41. The third-order valence-corrected chi connectivity index (χ3v) is 12.8. The topological polar surface area (TPSA) is 58.7 Å². The van der Waals surface area contributed by atoms with E-state index in [0.29, 0.717) is 6.54 Å². The molecule has 0 aliphatic heterocycles. The van der Waals surface area contributed by atoms with E-state index in [1.807, 2.05) is 32.1 Å². The summed E-state index contributed by atoms with van der Waals surface area (Å²) >= 11 is 1.16. The van der Waals surface area contributed by atoms with Crippen molar-refractivity contribution in [2.24, 2.45) is 9.17 Å². The summed E-state index contributed by atoms with van der Waals surface area (Å²) < 4.78 is 31.4. The highest BCUT2D eigenvalue weighted by Crippen LogP contribution is 2.38. The van der Waals surface area contributed by atoms with E-state index in [-0.39, 0.29) is 9.25 Å². The Morgan fingerprint density at radius 3 is 2.38 bits per heavy atom. The van der Waals surface area contributed by atoms with Crippen LogP contribution in [0.4, 0.5) is 4.39 Å². The highest BCUT2D eigenvalue weighted by atomic mass is 32.2. The van der Waals surface area contributed by atoms with Crippen molar-refractivity contribution in [3.05, 3.63) is 16.8 Å². The molecule has 2 N–H and O–H groups in total. The van der Waals surface area contributed by atoms with Gasteiger partial charge in [-0.15, -0.1) is 11.3 Å². The molecule has 1 aromatic heterocycles. The van der Waals surface area contributed by atoms with Gasteiger partial charge in [-0.1, -0.05) is 20.8 Å². The van der Waals surface area contributed by atoms with Crippen molar-refractivity contribution in [2.45, 2.75) is 49.7 Å². The van der Waals surface area contributed by atoms with Crippen LogP contribution in [0.5, 0.6) is 0 Å². The molecule has 0 bridgehead atoms. The Balaban J connectivity index is 3.32. The van der Waals surface area contributed by atoms with E-state index in [1.54, 1.807) is 0 Å². The molecule has 0 amide bonds. The summed E-state index contributed by atoms with van der Waals surface area (Å²) in [5, 5.41) is 5.83. The average molecular weight is 352 g/mol. The maximum absolute atomic E-state index is 14.1. The van der Waals surface area contributed by atoms with Gasteiger partial charge in [0.25, 0.3) is 0 Å². The van der Waals surface area contributed by atoms with Crippen molar-refractivity contribution in [3.63, 3.8) is 0 Å². The number of hydrogen-bond donors (Lipinski definition) is 1. The molecule has 122 valence electrons. The van der Waals surface area contributed by atoms with E-state index in [4.69, 9.17) is 5.14 Å². The first kappa shape index (κ1) is 18.8. The lowest BCUT2D eigenvalue weighted by molar-refractivity contribution is 0.406. The molecule has 1 aromatic rings. The zero-order valence-electron chi connectivity index (χ0n) is 13.9. The predicted molar refractivity (Wildman–Crippen MR) is 91.9 cm³/mol. The number of rotatable bonds is 4. The molecule has 0 radical (unpaired) electrons. The van der Waals surface area contributed by atoms with Crippen LogP contribution in [0.3, 0.4) is 0 Å². The van der Waals surface area contributed by atoms with Gasteiger partial charge in [0.05, 0.1) is 0 Å². The van der Waals surface area contributed by atoms with Gasteiger partial charge < -0.3 is 4.90 Å². The van der Waals surface area contributed by atoms with E-state index < -0.39 is 24.0 Å². The lowest BCUT2D eigenvalue weighted by atomic mass is 10.2. The zero-order chi connectivity index (χ0) is 16.6. The third-order valence-electron chi connectivity index (χ3n) is 3.64. The maximum Gasteiger partial charge on any atom is 0.195 e. The monoisotopic (exact) mass is 351 g/mol. The SMILES string of the molecule is CN(C)Cc1cc(F)c(S(N)(=O)=N[Si](C)(C)C(C)(C)C)s1. The number of thiophene rings is 1. The Bertz CT molecular complexity index is 626. The standard InChI is InChI=1S/C13H26FN3OS2Si/c1-13(2,3)21(6,7)16-20(15,18)12-11(14)8-10(19-12)9-17(4)5/h8H,9H2,1-7H3,(H2,15,16,18). The van der Waals surface area contributed by atoms with Gasteiger partial charge in [-0.25, -0.2) is 13.7 Å². The Kier molecular flexibility index (Phi) is 5.43. The van der Waals surface area contributed by atoms with E-state index >= 15 is 0 Å². The highest BCUT2D eigenvalue weighted by molar-refractivity contribution is 7.94. The number of nitrogens with two attached hydrogens (primary N) is 1. The van der Waals surface area contributed by atoms with Crippen molar-refractivity contribution >= 4 is 29.5 Å². The number of hydrogen-bond acceptors (Lipinski definition) is 4. The molecule has 1 unspecified atom stereocenters. The molecular weight excluding hydrogens is 325 g/mol. The van der Waals surface area contributed by atoms with Gasteiger partial charge in [0.2, 0.25) is 0 Å². The largest absolute Gasteiger partial charge is 0.304 e. The highest BCUT2D eigenvalue weighted by Gasteiger charge is 2.38. The van der Waals surface area contributed by atoms with E-state index in [1.165, 1.54) is 6.07 Å². The second kappa shape index (κ2) is 6.08. The van der Waals surface area contributed by atoms with E-state index in [0.717, 1.165) is 16.2 Å². The number of nitrogens with zero attached hydrogens (tertiary/aromatic N) is 2. The molecule has 1 heterocycles. The summed E-state index contributed by atoms with van der Waals surface area (Å²) in [6.07, 6.45) is 0. The predicted octanol–water partition coefficient (Wildman–Crippen LogP) is 3.65. The van der Waals surface area contributed by atoms with Crippen LogP contribution in [0.1, 0.15) is 25.6 Å². The van der Waals surface area contributed by atoms with Crippen LogP contribution in [-0.2, 0) is 16.5 Å². The molecule has 0 aliphatic carbocycles. The van der Waals surface area contributed by atoms with E-state index in [2.05, 4.69) is 24.8 Å². The van der Waals surface area contributed by atoms with Crippen molar-refractivity contribution < 1.29 is 8.60 Å². The summed E-state index contributed by atoms with van der Waals surface area (Å²) in [6.45, 7) is 10.8. The molecular formula is C13H26FN3OS2Si. The molecule has 1 rings (SSSR count). The quantitative estimate of drug-likeness (QED) is 0.842. The van der Waals surface area contributed by atoms with Crippen molar-refractivity contribution in [3.8, 4) is 0 Å². The van der Waals surface area contributed by atoms with Crippen LogP contribution in [0.15, 0.2) is 14.3 Å². The Labute approximate surface area is 132 Å². The fraction of sp³-hybridized carbons (Fsp3) is 0.692. The molecule has 1 atom stereocenters. The molecule has 0 spiro atoms. The van der Waals surface area contributed by atoms with Crippen LogP contribution < -0.4 is 5.14 Å². The first-order valence-electron chi connectivity index (χ1n) is 6.75. The molecule has 8 heteroatoms. The lowest BCUT2D eigenvalue weighted by Gasteiger charge is -2.32. The minimum absolute atomic E-state index is 0.0733. The van der Waals surface area contributed by atoms with Crippen molar-refractivity contribution in [1.29, 1.82) is 0 Å². The first-order chi connectivity index (χ1) is 9.26. The normalized spacial score (nSPS) is 16.1. The van der Waals surface area contributed by atoms with Crippen LogP contribution >= 0.6 is 11.3 Å². The molecule has 0 saturated heterocycles. The molecule has 4 nitrogen and oxygen atoms in total. The second-order valence-corrected chi connectivity index (χ2v) is 15.3. The molecule has 0 aromatic carbocycles. The minimum Gasteiger partial charge on any atom is -0.304 e. The average Bonchev–Trinajstić information content (AvgIpc) is 2.55. The fourth-order valence-electron chi connectivity index (χ4n) is 1.50. The van der Waals surface area contributed by atoms with Gasteiger partial charge in [0, 0.05) is 11.4 Å². The third kappa shape index (κ3) is 4.59. The second-order valence-electron chi connectivity index (χ2n) is 7.05. The smallest absolute Gasteiger partial charge is 0.195 e. The van der Waals surface area contributed by atoms with Crippen LogP contribution in [0.2, 0.25) is 18.1 Å². The minimum atomic E-state index is -3.19. The summed E-state index contributed by atoms with van der Waals surface area (Å²) in [5.41, 5.74) is 0. The lowest BCUT2D eigenvalue weighted by Crippen LogP contribution is -2.37. The summed E-state index contributed by atoms with van der Waals surface area (Å²) in [4.78, 5) is 2.73. The maximum atomic E-state index is 14.1. The van der Waals surface area contributed by atoms with Crippen LogP contribution in [0, 0.1) is 5.82 Å². The van der Waals surface area contributed by atoms with E-state index in [9.17, 15) is 8.60 Å². The Morgan fingerprint density at radius 1 is 1.43 bits per heavy atom. The first-order valence-corrected chi connectivity index (χ1v) is 12.1. The van der Waals surface area contributed by atoms with Crippen LogP contribution in [-0.4, -0.2) is 31.4 Å². The summed E-state index contributed by atoms with van der Waals surface area (Å²) in [5.74, 6) is -0.508. The van der Waals surface area contributed by atoms with Gasteiger partial charge in [0.1, 0.15) is 14.1 Å². The van der Waals surface area contributed by atoms with Crippen molar-refractivity contribution in [1.82, 2.24) is 4.90 Å². The Hall–Kier alpha value is -0.283. The van der Waals surface area contributed by atoms with Gasteiger partial charge >= 0.3 is 0 Å². The number of halogens is 1. The van der Waals surface area contributed by atoms with Gasteiger partial charge in [-0.05, 0) is 38.3 Å². The molecule has 21 heavy (non-hydrogen) atoms. The molecule has 0 aliphatic rings. The van der Waals surface area contributed by atoms with Crippen molar-refractivity contribution in [2.75, 3.05) is 14.1 Å². The molecule has 0 fully saturated rings. The zero-order valence-corrected chi connectivity index (χ0v) is 16.5. The molecule has 0 saturated carbocycles. The van der Waals surface area contributed by atoms with Crippen LogP contribution in [0.25, 0.3) is 0 Å².